The lowest BCUT2D eigenvalue weighted by atomic mass is 10.3. The number of fused-ring (bicyclic) bond motifs is 1. The molecule has 0 amide bonds. The van der Waals surface area contributed by atoms with Gasteiger partial charge in [-0.1, -0.05) is 0 Å². The third-order valence-corrected chi connectivity index (χ3v) is 3.05. The summed E-state index contributed by atoms with van der Waals surface area (Å²) in [5, 5.41) is 6.41. The second-order valence-electron chi connectivity index (χ2n) is 3.40. The van der Waals surface area contributed by atoms with Gasteiger partial charge in [0.1, 0.15) is 16.5 Å². The Labute approximate surface area is 98.7 Å². The summed E-state index contributed by atoms with van der Waals surface area (Å²) in [5.74, 6) is 1.77. The number of rotatable bonds is 5. The minimum Gasteiger partial charge on any atom is -0.384 e. The third kappa shape index (κ3) is 2.31. The second kappa shape index (κ2) is 5.23. The molecule has 1 N–H and O–H groups in total. The van der Waals surface area contributed by atoms with Crippen molar-refractivity contribution in [2.45, 2.75) is 13.3 Å². The maximum atomic E-state index is 5.04. The molecule has 0 aromatic carbocycles. The van der Waals surface area contributed by atoms with Gasteiger partial charge in [-0.25, -0.2) is 9.97 Å². The number of methoxy groups -OCH3 is 1. The van der Waals surface area contributed by atoms with Gasteiger partial charge in [0.25, 0.3) is 0 Å². The van der Waals surface area contributed by atoms with Crippen LogP contribution < -0.4 is 5.32 Å². The van der Waals surface area contributed by atoms with Crippen LogP contribution in [0.4, 0.5) is 5.82 Å². The Balaban J connectivity index is 2.36. The highest BCUT2D eigenvalue weighted by atomic mass is 32.1. The Hall–Kier alpha value is -1.20. The lowest BCUT2D eigenvalue weighted by Crippen LogP contribution is -2.05. The zero-order chi connectivity index (χ0) is 11.4. The van der Waals surface area contributed by atoms with Crippen molar-refractivity contribution in [1.29, 1.82) is 0 Å². The maximum absolute atomic E-state index is 5.04. The molecule has 0 atom stereocenters. The van der Waals surface area contributed by atoms with Crippen LogP contribution in [0.25, 0.3) is 10.2 Å². The number of aromatic nitrogens is 2. The summed E-state index contributed by atoms with van der Waals surface area (Å²) in [6, 6.07) is 2.05. The molecule has 16 heavy (non-hydrogen) atoms. The van der Waals surface area contributed by atoms with Crippen molar-refractivity contribution in [3.05, 3.63) is 17.3 Å². The van der Waals surface area contributed by atoms with Gasteiger partial charge in [-0.15, -0.1) is 11.3 Å². The topological polar surface area (TPSA) is 47.0 Å². The summed E-state index contributed by atoms with van der Waals surface area (Å²) in [4.78, 5) is 10.0. The molecule has 2 aromatic rings. The molecular formula is C11H15N3OS. The van der Waals surface area contributed by atoms with Gasteiger partial charge in [0, 0.05) is 20.1 Å². The molecule has 2 rings (SSSR count). The van der Waals surface area contributed by atoms with E-state index < -0.39 is 0 Å². The predicted octanol–water partition coefficient (Wildman–Crippen LogP) is 2.31. The van der Waals surface area contributed by atoms with E-state index in [1.54, 1.807) is 18.4 Å². The zero-order valence-corrected chi connectivity index (χ0v) is 10.3. The Morgan fingerprint density at radius 1 is 1.44 bits per heavy atom. The first-order valence-corrected chi connectivity index (χ1v) is 6.20. The van der Waals surface area contributed by atoms with E-state index in [1.165, 1.54) is 0 Å². The fourth-order valence-corrected chi connectivity index (χ4v) is 2.29. The SMILES string of the molecule is CCNc1nc(CCOC)nc2sccc12. The van der Waals surface area contributed by atoms with Crippen LogP contribution in [-0.2, 0) is 11.2 Å². The molecule has 0 spiro atoms. The molecule has 4 nitrogen and oxygen atoms in total. The molecule has 0 radical (unpaired) electrons. The summed E-state index contributed by atoms with van der Waals surface area (Å²) in [7, 11) is 1.69. The van der Waals surface area contributed by atoms with Gasteiger partial charge in [0.15, 0.2) is 0 Å². The van der Waals surface area contributed by atoms with Crippen molar-refractivity contribution < 1.29 is 4.74 Å². The van der Waals surface area contributed by atoms with Crippen molar-refractivity contribution >= 4 is 27.4 Å². The van der Waals surface area contributed by atoms with Crippen molar-refractivity contribution in [2.24, 2.45) is 0 Å². The smallest absolute Gasteiger partial charge is 0.138 e. The van der Waals surface area contributed by atoms with Crippen LogP contribution in [0.5, 0.6) is 0 Å². The van der Waals surface area contributed by atoms with Crippen LogP contribution in [0.2, 0.25) is 0 Å². The van der Waals surface area contributed by atoms with Crippen molar-refractivity contribution in [1.82, 2.24) is 9.97 Å². The highest BCUT2D eigenvalue weighted by Gasteiger charge is 2.07. The monoisotopic (exact) mass is 237 g/mol. The number of ether oxygens (including phenoxy) is 1. The summed E-state index contributed by atoms with van der Waals surface area (Å²) in [6.45, 7) is 3.59. The van der Waals surface area contributed by atoms with Crippen LogP contribution in [0, 0.1) is 0 Å². The quantitative estimate of drug-likeness (QED) is 0.867. The van der Waals surface area contributed by atoms with Crippen LogP contribution in [0.1, 0.15) is 12.7 Å². The van der Waals surface area contributed by atoms with E-state index in [2.05, 4.69) is 28.3 Å². The minimum absolute atomic E-state index is 0.655. The van der Waals surface area contributed by atoms with Gasteiger partial charge in [-0.2, -0.15) is 0 Å². The van der Waals surface area contributed by atoms with Gasteiger partial charge in [-0.05, 0) is 18.4 Å². The average molecular weight is 237 g/mol. The van der Waals surface area contributed by atoms with Gasteiger partial charge in [-0.3, -0.25) is 0 Å². The van der Waals surface area contributed by atoms with Crippen LogP contribution in [-0.4, -0.2) is 30.2 Å². The number of hydrogen-bond acceptors (Lipinski definition) is 5. The fraction of sp³-hybridized carbons (Fsp3) is 0.455. The van der Waals surface area contributed by atoms with E-state index in [-0.39, 0.29) is 0 Å². The predicted molar refractivity (Wildman–Crippen MR) is 67.2 cm³/mol. The number of anilines is 1. The Morgan fingerprint density at radius 2 is 2.31 bits per heavy atom. The molecule has 0 aliphatic heterocycles. The van der Waals surface area contributed by atoms with Crippen molar-refractivity contribution in [3.63, 3.8) is 0 Å². The molecule has 0 fully saturated rings. The van der Waals surface area contributed by atoms with E-state index in [9.17, 15) is 0 Å². The molecule has 2 aromatic heterocycles. The molecule has 0 saturated heterocycles. The van der Waals surface area contributed by atoms with Crippen LogP contribution in [0.3, 0.4) is 0 Å². The molecule has 0 saturated carbocycles. The van der Waals surface area contributed by atoms with E-state index in [0.29, 0.717) is 6.61 Å². The first-order valence-electron chi connectivity index (χ1n) is 5.32. The van der Waals surface area contributed by atoms with E-state index in [1.807, 2.05) is 5.38 Å². The maximum Gasteiger partial charge on any atom is 0.138 e. The van der Waals surface area contributed by atoms with Crippen LogP contribution >= 0.6 is 11.3 Å². The Bertz CT molecular complexity index is 469. The summed E-state index contributed by atoms with van der Waals surface area (Å²) >= 11 is 1.64. The van der Waals surface area contributed by atoms with Crippen molar-refractivity contribution in [2.75, 3.05) is 25.6 Å². The summed E-state index contributed by atoms with van der Waals surface area (Å²) in [5.41, 5.74) is 0. The molecular weight excluding hydrogens is 222 g/mol. The largest absolute Gasteiger partial charge is 0.384 e. The second-order valence-corrected chi connectivity index (χ2v) is 4.30. The highest BCUT2D eigenvalue weighted by molar-refractivity contribution is 7.16. The molecule has 2 heterocycles. The fourth-order valence-electron chi connectivity index (χ4n) is 1.51. The normalized spacial score (nSPS) is 10.9. The summed E-state index contributed by atoms with van der Waals surface area (Å²) in [6.07, 6.45) is 0.753. The molecule has 0 aliphatic carbocycles. The number of hydrogen-bond donors (Lipinski definition) is 1. The van der Waals surface area contributed by atoms with Crippen LogP contribution in [0.15, 0.2) is 11.4 Å². The zero-order valence-electron chi connectivity index (χ0n) is 9.49. The van der Waals surface area contributed by atoms with Gasteiger partial charge in [0.05, 0.1) is 12.0 Å². The average Bonchev–Trinajstić information content (AvgIpc) is 2.75. The molecule has 0 unspecified atom stereocenters. The number of nitrogens with zero attached hydrogens (tertiary/aromatic N) is 2. The van der Waals surface area contributed by atoms with Crippen molar-refractivity contribution in [3.8, 4) is 0 Å². The molecule has 86 valence electrons. The summed E-state index contributed by atoms with van der Waals surface area (Å²) < 4.78 is 5.04. The first kappa shape index (κ1) is 11.3. The van der Waals surface area contributed by atoms with E-state index >= 15 is 0 Å². The number of thiophene rings is 1. The molecule has 0 aliphatic rings. The lowest BCUT2D eigenvalue weighted by molar-refractivity contribution is 0.200. The van der Waals surface area contributed by atoms with Gasteiger partial charge in [0.2, 0.25) is 0 Å². The standard InChI is InChI=1S/C11H15N3OS/c1-3-12-10-8-5-7-16-11(8)14-9(13-10)4-6-15-2/h5,7H,3-4,6H2,1-2H3,(H,12,13,14). The van der Waals surface area contributed by atoms with E-state index in [4.69, 9.17) is 4.74 Å². The lowest BCUT2D eigenvalue weighted by Gasteiger charge is -2.06. The van der Waals surface area contributed by atoms with E-state index in [0.717, 1.165) is 34.8 Å². The Kier molecular flexibility index (Phi) is 3.69. The molecule has 5 heteroatoms. The first-order chi connectivity index (χ1) is 7.85. The third-order valence-electron chi connectivity index (χ3n) is 2.25. The van der Waals surface area contributed by atoms with Gasteiger partial charge < -0.3 is 10.1 Å². The highest BCUT2D eigenvalue weighted by Crippen LogP contribution is 2.24. The minimum atomic E-state index is 0.655. The van der Waals surface area contributed by atoms with Gasteiger partial charge >= 0.3 is 0 Å². The molecule has 0 bridgehead atoms. The Morgan fingerprint density at radius 3 is 3.06 bits per heavy atom. The number of nitrogens with one attached hydrogen (secondary N) is 1.